The van der Waals surface area contributed by atoms with Crippen molar-refractivity contribution < 1.29 is 57.1 Å². The predicted molar refractivity (Wildman–Crippen MR) is 93.2 cm³/mol. The van der Waals surface area contributed by atoms with Crippen LogP contribution in [0.15, 0.2) is 24.3 Å². The Morgan fingerprint density at radius 2 is 1.37 bits per heavy atom. The molecule has 18 heteroatoms. The van der Waals surface area contributed by atoms with Gasteiger partial charge in [0.05, 0.1) is 27.2 Å². The zero-order valence-corrected chi connectivity index (χ0v) is 16.8. The number of fused-ring (bicyclic) bond motifs is 1. The number of nitrogens with zero attached hydrogens (tertiary/aromatic N) is 3. The van der Waals surface area contributed by atoms with Gasteiger partial charge in [-0.05, 0) is 24.3 Å². The average molecular weight is 549 g/mol. The molecule has 0 radical (unpaired) electrons. The van der Waals surface area contributed by atoms with Crippen LogP contribution in [0.5, 0.6) is 0 Å². The first kappa shape index (κ1) is 26.6. The number of anilines is 1. The lowest BCUT2D eigenvalue weighted by Gasteiger charge is -2.28. The van der Waals surface area contributed by atoms with Gasteiger partial charge in [-0.25, -0.2) is 9.67 Å². The van der Waals surface area contributed by atoms with Crippen molar-refractivity contribution in [3.05, 3.63) is 46.1 Å². The summed E-state index contributed by atoms with van der Waals surface area (Å²) in [5.41, 5.74) is -2.67. The van der Waals surface area contributed by atoms with Crippen molar-refractivity contribution >= 4 is 28.5 Å². The monoisotopic (exact) mass is 548 g/mol. The highest BCUT2D eigenvalue weighted by atomic mass is 35.5. The Balaban J connectivity index is 2.33. The van der Waals surface area contributed by atoms with Crippen molar-refractivity contribution in [3.8, 4) is 5.69 Å². The van der Waals surface area contributed by atoms with E-state index in [4.69, 9.17) is 17.3 Å². The van der Waals surface area contributed by atoms with Gasteiger partial charge in [0.1, 0.15) is 11.5 Å². The number of nitrogens with two attached hydrogens (primary N) is 1. The highest BCUT2D eigenvalue weighted by Gasteiger charge is 2.74. The smallest absolute Gasteiger partial charge is 0.383 e. The molecule has 0 aliphatic carbocycles. The number of aromatic nitrogens is 3. The Bertz CT molecular complexity index is 1290. The van der Waals surface area contributed by atoms with E-state index in [2.05, 4.69) is 10.1 Å². The van der Waals surface area contributed by atoms with Gasteiger partial charge in [0.25, 0.3) is 0 Å². The Hall–Kier alpha value is -2.98. The molecule has 2 heterocycles. The highest BCUT2D eigenvalue weighted by molar-refractivity contribution is 6.32. The molecule has 0 bridgehead atoms. The summed E-state index contributed by atoms with van der Waals surface area (Å²) in [6.45, 7) is 0. The second-order valence-corrected chi connectivity index (χ2v) is 7.27. The Morgan fingerprint density at radius 3 is 1.83 bits per heavy atom. The number of alkyl halides is 13. The molecular weight excluding hydrogens is 543 g/mol. The fourth-order valence-corrected chi connectivity index (χ4v) is 3.13. The maximum Gasteiger partial charge on any atom is 0.460 e. The summed E-state index contributed by atoms with van der Waals surface area (Å²) in [5, 5.41) is 1.19. The van der Waals surface area contributed by atoms with Crippen molar-refractivity contribution in [1.82, 2.24) is 14.8 Å². The Kier molecular flexibility index (Phi) is 5.90. The summed E-state index contributed by atoms with van der Waals surface area (Å²) in [4.78, 5) is 2.73. The molecule has 0 amide bonds. The van der Waals surface area contributed by atoms with Crippen LogP contribution < -0.4 is 5.73 Å². The van der Waals surface area contributed by atoms with Crippen LogP contribution in [0.2, 0.25) is 5.02 Å². The van der Waals surface area contributed by atoms with E-state index < -0.39 is 80.8 Å². The van der Waals surface area contributed by atoms with Crippen LogP contribution in [-0.4, -0.2) is 26.9 Å². The molecule has 0 saturated carbocycles. The molecule has 2 aromatic heterocycles. The minimum atomic E-state index is -6.88. The van der Waals surface area contributed by atoms with Crippen LogP contribution in [0, 0.1) is 0 Å². The minimum absolute atomic E-state index is 0.235. The third-order valence-electron chi connectivity index (χ3n) is 4.56. The SMILES string of the molecule is Nc1c2c(C(F)(F)F)cc(C(F)(F)C(F)(F)C(F)(F)F)nc2nn1-c1ccc(C(F)(F)F)cc1Cl. The molecular formula is C17H6ClF13N4. The van der Waals surface area contributed by atoms with Crippen molar-refractivity contribution in [2.75, 3.05) is 5.73 Å². The van der Waals surface area contributed by atoms with E-state index in [0.717, 1.165) is 0 Å². The topological polar surface area (TPSA) is 56.7 Å². The van der Waals surface area contributed by atoms with Crippen LogP contribution in [0.25, 0.3) is 16.7 Å². The van der Waals surface area contributed by atoms with Gasteiger partial charge in [-0.2, -0.15) is 57.1 Å². The third kappa shape index (κ3) is 4.29. The van der Waals surface area contributed by atoms with Gasteiger partial charge in [-0.3, -0.25) is 0 Å². The first-order valence-electron chi connectivity index (χ1n) is 8.57. The number of nitrogen functional groups attached to an aromatic ring is 1. The van der Waals surface area contributed by atoms with Crippen molar-refractivity contribution in [3.63, 3.8) is 0 Å². The van der Waals surface area contributed by atoms with Gasteiger partial charge >= 0.3 is 30.4 Å². The van der Waals surface area contributed by atoms with Crippen molar-refractivity contribution in [2.45, 2.75) is 30.4 Å². The van der Waals surface area contributed by atoms with Crippen LogP contribution in [0.1, 0.15) is 16.8 Å². The molecule has 3 rings (SSSR count). The molecule has 35 heavy (non-hydrogen) atoms. The molecule has 3 aromatic rings. The predicted octanol–water partition coefficient (Wildman–Crippen LogP) is 6.98. The lowest BCUT2D eigenvalue weighted by atomic mass is 10.0. The minimum Gasteiger partial charge on any atom is -0.383 e. The maximum atomic E-state index is 14.1. The zero-order chi connectivity index (χ0) is 26.9. The summed E-state index contributed by atoms with van der Waals surface area (Å²) in [7, 11) is 0. The van der Waals surface area contributed by atoms with Crippen molar-refractivity contribution in [1.29, 1.82) is 0 Å². The molecule has 192 valence electrons. The van der Waals surface area contributed by atoms with Gasteiger partial charge in [0.2, 0.25) is 0 Å². The maximum absolute atomic E-state index is 14.1. The zero-order valence-electron chi connectivity index (χ0n) is 16.0. The van der Waals surface area contributed by atoms with Gasteiger partial charge < -0.3 is 5.73 Å². The van der Waals surface area contributed by atoms with Crippen LogP contribution in [0.3, 0.4) is 0 Å². The quantitative estimate of drug-likeness (QED) is 0.359. The molecule has 0 unspecified atom stereocenters. The summed E-state index contributed by atoms with van der Waals surface area (Å²) in [5.74, 6) is -14.2. The third-order valence-corrected chi connectivity index (χ3v) is 4.86. The molecule has 1 aromatic carbocycles. The highest BCUT2D eigenvalue weighted by Crippen LogP contribution is 2.52. The summed E-state index contributed by atoms with van der Waals surface area (Å²) in [6.07, 6.45) is -17.4. The molecule has 0 aliphatic heterocycles. The van der Waals surface area contributed by atoms with E-state index in [1.54, 1.807) is 0 Å². The fraction of sp³-hybridized carbons (Fsp3) is 0.294. The fourth-order valence-electron chi connectivity index (χ4n) is 2.87. The number of hydrogen-bond donors (Lipinski definition) is 1. The van der Waals surface area contributed by atoms with E-state index in [0.29, 0.717) is 18.2 Å². The van der Waals surface area contributed by atoms with Crippen LogP contribution in [-0.2, 0) is 18.3 Å². The molecule has 4 nitrogen and oxygen atoms in total. The lowest BCUT2D eigenvalue weighted by molar-refractivity contribution is -0.360. The number of hydrogen-bond acceptors (Lipinski definition) is 3. The molecule has 0 saturated heterocycles. The second-order valence-electron chi connectivity index (χ2n) is 6.86. The number of halogens is 14. The normalized spacial score (nSPS) is 14.1. The number of pyridine rings is 1. The number of benzene rings is 1. The van der Waals surface area contributed by atoms with Gasteiger partial charge in [0.15, 0.2) is 5.65 Å². The molecule has 0 spiro atoms. The summed E-state index contributed by atoms with van der Waals surface area (Å²) in [6, 6.07) is 0.575. The Morgan fingerprint density at radius 1 is 0.800 bits per heavy atom. The largest absolute Gasteiger partial charge is 0.460 e. The second kappa shape index (κ2) is 7.76. The molecule has 0 atom stereocenters. The first-order chi connectivity index (χ1) is 15.6. The summed E-state index contributed by atoms with van der Waals surface area (Å²) >= 11 is 5.71. The van der Waals surface area contributed by atoms with E-state index in [9.17, 15) is 57.1 Å². The molecule has 0 fully saturated rings. The Labute approximate surface area is 189 Å². The van der Waals surface area contributed by atoms with E-state index in [1.165, 1.54) is 0 Å². The number of rotatable bonds is 3. The van der Waals surface area contributed by atoms with Crippen molar-refractivity contribution in [2.24, 2.45) is 0 Å². The standard InChI is InChI=1S/C17H6ClF13N4/c18-7-3-5(14(21,22)23)1-2-8(7)35-11(32)10-6(15(24,25)26)4-9(33-12(10)34-35)13(19,20)16(27,28)17(29,30)31/h1-4H,32H2. The average Bonchev–Trinajstić information content (AvgIpc) is 3.01. The molecule has 0 aliphatic rings. The van der Waals surface area contributed by atoms with E-state index in [-0.39, 0.29) is 4.68 Å². The van der Waals surface area contributed by atoms with Gasteiger partial charge in [-0.1, -0.05) is 11.6 Å². The van der Waals surface area contributed by atoms with E-state index in [1.807, 2.05) is 0 Å². The first-order valence-corrected chi connectivity index (χ1v) is 8.95. The molecule has 2 N–H and O–H groups in total. The van der Waals surface area contributed by atoms with E-state index >= 15 is 0 Å². The van der Waals surface area contributed by atoms with Crippen LogP contribution >= 0.6 is 11.6 Å². The van der Waals surface area contributed by atoms with Gasteiger partial charge in [0, 0.05) is 0 Å². The lowest BCUT2D eigenvalue weighted by Crippen LogP contribution is -2.50. The van der Waals surface area contributed by atoms with Gasteiger partial charge in [-0.15, -0.1) is 5.10 Å². The summed E-state index contributed by atoms with van der Waals surface area (Å²) < 4.78 is 172. The van der Waals surface area contributed by atoms with Crippen LogP contribution in [0.4, 0.5) is 62.9 Å².